The van der Waals surface area contributed by atoms with Gasteiger partial charge in [-0.2, -0.15) is 0 Å². The molecule has 0 radical (unpaired) electrons. The van der Waals surface area contributed by atoms with Crippen LogP contribution < -0.4 is 5.11 Å². The molecule has 0 spiro atoms. The molecule has 1 atom stereocenters. The van der Waals surface area contributed by atoms with E-state index < -0.39 is 35.9 Å². The lowest BCUT2D eigenvalue weighted by molar-refractivity contribution is -0.216. The zero-order chi connectivity index (χ0) is 15.1. The van der Waals surface area contributed by atoms with Crippen LogP contribution in [-0.2, 0) is 20.8 Å². The molecule has 1 N–H and O–H groups in total. The maximum Gasteiger partial charge on any atom is 0.372 e. The third kappa shape index (κ3) is 5.01. The Morgan fingerprint density at radius 3 is 2.35 bits per heavy atom. The van der Waals surface area contributed by atoms with Crippen LogP contribution in [0.5, 0.6) is 0 Å². The van der Waals surface area contributed by atoms with Crippen molar-refractivity contribution in [2.75, 3.05) is 0 Å². The summed E-state index contributed by atoms with van der Waals surface area (Å²) in [5, 5.41) is 19.5. The van der Waals surface area contributed by atoms with E-state index >= 15 is 0 Å². The first kappa shape index (κ1) is 15.6. The van der Waals surface area contributed by atoms with E-state index in [-0.39, 0.29) is 6.42 Å². The normalized spacial score (nSPS) is 12.8. The van der Waals surface area contributed by atoms with E-state index in [4.69, 9.17) is 5.11 Å². The number of carbonyl (C=O) groups excluding carboxylic acids is 2. The molecule has 1 aromatic rings. The van der Waals surface area contributed by atoms with Gasteiger partial charge >= 0.3 is 5.97 Å². The number of hydrogen-bond donors (Lipinski definition) is 1. The van der Waals surface area contributed by atoms with E-state index in [1.165, 1.54) is 6.92 Å². The summed E-state index contributed by atoms with van der Waals surface area (Å²) in [6, 6.07) is 7.83. The Hall–Kier alpha value is -2.50. The second-order valence-electron chi connectivity index (χ2n) is 4.23. The van der Waals surface area contributed by atoms with Crippen LogP contribution in [0.1, 0.15) is 18.9 Å². The van der Waals surface area contributed by atoms with Gasteiger partial charge in [-0.1, -0.05) is 30.3 Å². The first-order valence-corrected chi connectivity index (χ1v) is 5.94. The van der Waals surface area contributed by atoms with Crippen molar-refractivity contribution in [3.05, 3.63) is 35.9 Å². The maximum absolute atomic E-state index is 11.9. The SMILES string of the molecule is CC([O-])=N[C@@H](Cc1ccccc1)C(=O)CC(=O)C(=O)O. The monoisotopic (exact) mass is 276 g/mol. The molecule has 20 heavy (non-hydrogen) atoms. The Morgan fingerprint density at radius 1 is 1.25 bits per heavy atom. The Bertz CT molecular complexity index is 532. The number of benzene rings is 1. The van der Waals surface area contributed by atoms with Crippen molar-refractivity contribution < 1.29 is 24.6 Å². The summed E-state index contributed by atoms with van der Waals surface area (Å²) in [6.07, 6.45) is -0.601. The fourth-order valence-corrected chi connectivity index (χ4v) is 1.64. The molecule has 106 valence electrons. The molecule has 0 aromatic heterocycles. The van der Waals surface area contributed by atoms with Gasteiger partial charge in [0.2, 0.25) is 5.78 Å². The number of aliphatic carboxylic acids is 1. The predicted octanol–water partition coefficient (Wildman–Crippen LogP) is -0.0107. The van der Waals surface area contributed by atoms with E-state index in [2.05, 4.69) is 4.99 Å². The first-order valence-electron chi connectivity index (χ1n) is 5.94. The van der Waals surface area contributed by atoms with Crippen molar-refractivity contribution in [2.45, 2.75) is 25.8 Å². The molecule has 1 aromatic carbocycles. The molecule has 0 amide bonds. The number of aliphatic imine (C=N–C) groups is 1. The molecule has 0 heterocycles. The van der Waals surface area contributed by atoms with Gasteiger partial charge in [0.15, 0.2) is 5.78 Å². The van der Waals surface area contributed by atoms with Crippen LogP contribution in [0.2, 0.25) is 0 Å². The Morgan fingerprint density at radius 2 is 1.85 bits per heavy atom. The highest BCUT2D eigenvalue weighted by atomic mass is 16.4. The number of nitrogens with zero attached hydrogens (tertiary/aromatic N) is 1. The quantitative estimate of drug-likeness (QED) is 0.326. The minimum Gasteiger partial charge on any atom is -0.862 e. The van der Waals surface area contributed by atoms with E-state index in [0.717, 1.165) is 5.56 Å². The summed E-state index contributed by atoms with van der Waals surface area (Å²) in [4.78, 5) is 37.0. The molecule has 0 unspecified atom stereocenters. The molecule has 0 saturated heterocycles. The lowest BCUT2D eigenvalue weighted by Crippen LogP contribution is -2.29. The van der Waals surface area contributed by atoms with Gasteiger partial charge in [-0.15, -0.1) is 0 Å². The average Bonchev–Trinajstić information content (AvgIpc) is 2.38. The van der Waals surface area contributed by atoms with E-state index in [0.29, 0.717) is 0 Å². The highest BCUT2D eigenvalue weighted by molar-refractivity contribution is 6.36. The van der Waals surface area contributed by atoms with Crippen molar-refractivity contribution in [2.24, 2.45) is 4.99 Å². The van der Waals surface area contributed by atoms with Crippen molar-refractivity contribution in [1.82, 2.24) is 0 Å². The van der Waals surface area contributed by atoms with E-state index in [1.807, 2.05) is 0 Å². The van der Waals surface area contributed by atoms with Crippen molar-refractivity contribution in [1.29, 1.82) is 0 Å². The largest absolute Gasteiger partial charge is 0.862 e. The highest BCUT2D eigenvalue weighted by Crippen LogP contribution is 2.09. The van der Waals surface area contributed by atoms with E-state index in [1.54, 1.807) is 30.3 Å². The van der Waals surface area contributed by atoms with Crippen molar-refractivity contribution in [3.8, 4) is 0 Å². The van der Waals surface area contributed by atoms with Crippen LogP contribution in [-0.4, -0.2) is 34.6 Å². The molecule has 0 fully saturated rings. The third-order valence-corrected chi connectivity index (χ3v) is 2.55. The van der Waals surface area contributed by atoms with E-state index in [9.17, 15) is 19.5 Å². The van der Waals surface area contributed by atoms with Gasteiger partial charge in [0.1, 0.15) is 6.04 Å². The van der Waals surface area contributed by atoms with Gasteiger partial charge < -0.3 is 10.2 Å². The van der Waals surface area contributed by atoms with Crippen LogP contribution in [0.25, 0.3) is 0 Å². The van der Waals surface area contributed by atoms with Gasteiger partial charge in [0.25, 0.3) is 0 Å². The Kier molecular flexibility index (Phi) is 5.58. The fraction of sp³-hybridized carbons (Fsp3) is 0.286. The summed E-state index contributed by atoms with van der Waals surface area (Å²) >= 11 is 0. The zero-order valence-corrected chi connectivity index (χ0v) is 10.9. The summed E-state index contributed by atoms with van der Waals surface area (Å²) in [7, 11) is 0. The Labute approximate surface area is 115 Å². The molecular weight excluding hydrogens is 262 g/mol. The second-order valence-corrected chi connectivity index (χ2v) is 4.23. The molecule has 0 saturated carbocycles. The summed E-state index contributed by atoms with van der Waals surface area (Å²) in [6.45, 7) is 1.20. The summed E-state index contributed by atoms with van der Waals surface area (Å²) < 4.78 is 0. The number of rotatable bonds is 7. The number of ketones is 2. The fourth-order valence-electron chi connectivity index (χ4n) is 1.64. The second kappa shape index (κ2) is 7.18. The summed E-state index contributed by atoms with van der Waals surface area (Å²) in [5.74, 6) is -4.08. The van der Waals surface area contributed by atoms with Gasteiger partial charge in [0.05, 0.1) is 6.42 Å². The zero-order valence-electron chi connectivity index (χ0n) is 10.9. The molecule has 0 aliphatic carbocycles. The number of hydrogen-bond acceptors (Lipinski definition) is 5. The van der Waals surface area contributed by atoms with Crippen LogP contribution in [0.3, 0.4) is 0 Å². The maximum atomic E-state index is 11.9. The average molecular weight is 276 g/mol. The number of Topliss-reactive ketones (excluding diaryl/α,β-unsaturated/α-hetero) is 2. The van der Waals surface area contributed by atoms with Crippen molar-refractivity contribution in [3.63, 3.8) is 0 Å². The highest BCUT2D eigenvalue weighted by Gasteiger charge is 2.23. The standard InChI is InChI=1S/C14H15NO5/c1-9(16)15-11(7-10-5-3-2-4-6-10)12(17)8-13(18)14(19)20/h2-6,11H,7-8H2,1H3,(H,15,16)(H,19,20)/p-1/t11-/m0/s1. The number of carboxylic acids is 1. The van der Waals surface area contributed by atoms with Gasteiger partial charge in [-0.25, -0.2) is 4.79 Å². The first-order chi connectivity index (χ1) is 9.40. The molecule has 0 aliphatic rings. The van der Waals surface area contributed by atoms with Gasteiger partial charge in [-0.3, -0.25) is 14.6 Å². The third-order valence-electron chi connectivity index (χ3n) is 2.55. The van der Waals surface area contributed by atoms with Crippen LogP contribution >= 0.6 is 0 Å². The minimum absolute atomic E-state index is 0.159. The lowest BCUT2D eigenvalue weighted by Gasteiger charge is -2.14. The predicted molar refractivity (Wildman–Crippen MR) is 69.3 cm³/mol. The molecule has 0 aliphatic heterocycles. The minimum atomic E-state index is -1.67. The number of carboxylic acid groups (broad SMARTS) is 1. The number of carbonyl (C=O) groups is 3. The molecule has 1 rings (SSSR count). The van der Waals surface area contributed by atoms with Crippen LogP contribution in [0, 0.1) is 0 Å². The van der Waals surface area contributed by atoms with Crippen molar-refractivity contribution >= 4 is 23.4 Å². The molecular formula is C14H14NO5-. The lowest BCUT2D eigenvalue weighted by atomic mass is 10.00. The molecule has 0 bridgehead atoms. The van der Waals surface area contributed by atoms with Gasteiger partial charge in [0, 0.05) is 6.42 Å². The molecule has 6 nitrogen and oxygen atoms in total. The molecule has 6 heteroatoms. The van der Waals surface area contributed by atoms with Gasteiger partial charge in [-0.05, 0) is 18.4 Å². The van der Waals surface area contributed by atoms with Crippen LogP contribution in [0.4, 0.5) is 0 Å². The Balaban J connectivity index is 2.84. The van der Waals surface area contributed by atoms with Crippen LogP contribution in [0.15, 0.2) is 35.3 Å². The topological polar surface area (TPSA) is 107 Å². The summed E-state index contributed by atoms with van der Waals surface area (Å²) in [5.41, 5.74) is 0.777. The smallest absolute Gasteiger partial charge is 0.372 e.